The van der Waals surface area contributed by atoms with E-state index in [0.717, 1.165) is 50.1 Å². The Hall–Kier alpha value is -2.20. The number of carbonyl (C=O) groups is 1. The Kier molecular flexibility index (Phi) is 6.99. The Morgan fingerprint density at radius 3 is 2.52 bits per heavy atom. The average Bonchev–Trinajstić information content (AvgIpc) is 2.69. The first-order valence-corrected chi connectivity index (χ1v) is 10.0. The summed E-state index contributed by atoms with van der Waals surface area (Å²) in [6, 6.07) is 14.8. The smallest absolute Gasteiger partial charge is 0.228 e. The van der Waals surface area contributed by atoms with Gasteiger partial charge in [-0.1, -0.05) is 37.6 Å². The van der Waals surface area contributed by atoms with Gasteiger partial charge in [0.2, 0.25) is 5.91 Å². The van der Waals surface area contributed by atoms with E-state index in [0.29, 0.717) is 0 Å². The minimum atomic E-state index is -0.213. The monoisotopic (exact) mass is 368 g/mol. The molecule has 1 heterocycles. The molecule has 0 spiro atoms. The predicted molar refractivity (Wildman–Crippen MR) is 108 cm³/mol. The second-order valence-corrected chi connectivity index (χ2v) is 7.49. The van der Waals surface area contributed by atoms with Crippen LogP contribution in [-0.4, -0.2) is 23.9 Å². The molecule has 144 valence electrons. The Morgan fingerprint density at radius 2 is 1.81 bits per heavy atom. The third-order valence-electron chi connectivity index (χ3n) is 5.24. The van der Waals surface area contributed by atoms with Crippen molar-refractivity contribution in [1.82, 2.24) is 4.90 Å². The Morgan fingerprint density at radius 1 is 1.11 bits per heavy atom. The fraction of sp³-hybridized carbons (Fsp3) is 0.435. The SMILES string of the molecule is CCCCc1ccc(NC(=O)[C@H]2CCCN(Cc3ccc(F)cc3)C2)cc1. The van der Waals surface area contributed by atoms with E-state index in [1.165, 1.54) is 30.5 Å². The fourth-order valence-corrected chi connectivity index (χ4v) is 3.64. The summed E-state index contributed by atoms with van der Waals surface area (Å²) in [5.41, 5.74) is 3.27. The lowest BCUT2D eigenvalue weighted by molar-refractivity contribution is -0.121. The number of carbonyl (C=O) groups excluding carboxylic acids is 1. The number of hydrogen-bond donors (Lipinski definition) is 1. The molecule has 1 amide bonds. The van der Waals surface area contributed by atoms with Crippen molar-refractivity contribution in [2.24, 2.45) is 5.92 Å². The zero-order chi connectivity index (χ0) is 19.1. The molecule has 1 aliphatic heterocycles. The van der Waals surface area contributed by atoms with Crippen LogP contribution in [0.4, 0.5) is 10.1 Å². The second-order valence-electron chi connectivity index (χ2n) is 7.49. The van der Waals surface area contributed by atoms with Crippen LogP contribution in [0.2, 0.25) is 0 Å². The topological polar surface area (TPSA) is 32.3 Å². The van der Waals surface area contributed by atoms with Crippen LogP contribution in [0.1, 0.15) is 43.7 Å². The molecule has 2 aromatic rings. The Balaban J connectivity index is 1.52. The van der Waals surface area contributed by atoms with Crippen molar-refractivity contribution < 1.29 is 9.18 Å². The van der Waals surface area contributed by atoms with Crippen molar-refractivity contribution in [3.8, 4) is 0 Å². The molecule has 0 unspecified atom stereocenters. The van der Waals surface area contributed by atoms with Gasteiger partial charge >= 0.3 is 0 Å². The van der Waals surface area contributed by atoms with E-state index in [-0.39, 0.29) is 17.6 Å². The van der Waals surface area contributed by atoms with Gasteiger partial charge in [0, 0.05) is 18.8 Å². The van der Waals surface area contributed by atoms with Gasteiger partial charge in [0.1, 0.15) is 5.82 Å². The third kappa shape index (κ3) is 5.90. The molecule has 3 rings (SSSR count). The number of rotatable bonds is 7. The van der Waals surface area contributed by atoms with Crippen LogP contribution in [0, 0.1) is 11.7 Å². The predicted octanol–water partition coefficient (Wildman–Crippen LogP) is 5.02. The largest absolute Gasteiger partial charge is 0.326 e. The summed E-state index contributed by atoms with van der Waals surface area (Å²) in [6.45, 7) is 4.68. The molecule has 1 N–H and O–H groups in total. The summed E-state index contributed by atoms with van der Waals surface area (Å²) < 4.78 is 13.1. The van der Waals surface area contributed by atoms with Crippen molar-refractivity contribution in [3.05, 3.63) is 65.5 Å². The Labute approximate surface area is 161 Å². The van der Waals surface area contributed by atoms with Crippen LogP contribution in [0.3, 0.4) is 0 Å². The third-order valence-corrected chi connectivity index (χ3v) is 5.24. The Bertz CT molecular complexity index is 727. The maximum absolute atomic E-state index is 13.1. The first kappa shape index (κ1) is 19.6. The molecular formula is C23H29FN2O. The van der Waals surface area contributed by atoms with Crippen molar-refractivity contribution in [3.63, 3.8) is 0 Å². The number of nitrogens with zero attached hydrogens (tertiary/aromatic N) is 1. The molecule has 2 aromatic carbocycles. The van der Waals surface area contributed by atoms with Crippen LogP contribution >= 0.6 is 0 Å². The van der Waals surface area contributed by atoms with Gasteiger partial charge in [-0.3, -0.25) is 9.69 Å². The quantitative estimate of drug-likeness (QED) is 0.744. The number of likely N-dealkylation sites (tertiary alicyclic amines) is 1. The number of benzene rings is 2. The highest BCUT2D eigenvalue weighted by Gasteiger charge is 2.25. The highest BCUT2D eigenvalue weighted by molar-refractivity contribution is 5.92. The lowest BCUT2D eigenvalue weighted by Gasteiger charge is -2.32. The molecule has 0 aromatic heterocycles. The normalized spacial score (nSPS) is 17.6. The van der Waals surface area contributed by atoms with Crippen LogP contribution in [0.15, 0.2) is 48.5 Å². The highest BCUT2D eigenvalue weighted by atomic mass is 19.1. The number of piperidine rings is 1. The standard InChI is InChI=1S/C23H29FN2O/c1-2-3-5-18-9-13-22(14-10-18)25-23(27)20-6-4-15-26(17-20)16-19-7-11-21(24)12-8-19/h7-14,20H,2-6,15-17H2,1H3,(H,25,27)/t20-/m0/s1. The molecule has 3 nitrogen and oxygen atoms in total. The average molecular weight is 368 g/mol. The van der Waals surface area contributed by atoms with Crippen molar-refractivity contribution >= 4 is 11.6 Å². The van der Waals surface area contributed by atoms with Gasteiger partial charge in [-0.2, -0.15) is 0 Å². The number of amides is 1. The van der Waals surface area contributed by atoms with Gasteiger partial charge in [-0.05, 0) is 67.6 Å². The molecule has 27 heavy (non-hydrogen) atoms. The van der Waals surface area contributed by atoms with Crippen LogP contribution < -0.4 is 5.32 Å². The van der Waals surface area contributed by atoms with Gasteiger partial charge in [-0.15, -0.1) is 0 Å². The lowest BCUT2D eigenvalue weighted by atomic mass is 9.96. The van der Waals surface area contributed by atoms with Crippen LogP contribution in [-0.2, 0) is 17.8 Å². The van der Waals surface area contributed by atoms with E-state index < -0.39 is 0 Å². The van der Waals surface area contributed by atoms with E-state index in [1.807, 2.05) is 24.3 Å². The number of aryl methyl sites for hydroxylation is 1. The summed E-state index contributed by atoms with van der Waals surface area (Å²) in [5, 5.41) is 3.07. The summed E-state index contributed by atoms with van der Waals surface area (Å²) in [6.07, 6.45) is 5.40. The first-order valence-electron chi connectivity index (χ1n) is 10.0. The number of unbranched alkanes of at least 4 members (excludes halogenated alkanes) is 1. The van der Waals surface area contributed by atoms with Gasteiger partial charge in [-0.25, -0.2) is 4.39 Å². The van der Waals surface area contributed by atoms with Gasteiger partial charge in [0.05, 0.1) is 5.92 Å². The zero-order valence-corrected chi connectivity index (χ0v) is 16.1. The molecule has 0 bridgehead atoms. The van der Waals surface area contributed by atoms with Crippen LogP contribution in [0.25, 0.3) is 0 Å². The number of anilines is 1. The highest BCUT2D eigenvalue weighted by Crippen LogP contribution is 2.21. The molecule has 1 saturated heterocycles. The minimum absolute atomic E-state index is 0.000957. The summed E-state index contributed by atoms with van der Waals surface area (Å²) in [5.74, 6) is -0.116. The van der Waals surface area contributed by atoms with E-state index in [1.54, 1.807) is 0 Å². The maximum Gasteiger partial charge on any atom is 0.228 e. The van der Waals surface area contributed by atoms with Crippen molar-refractivity contribution in [2.75, 3.05) is 18.4 Å². The molecule has 0 radical (unpaired) electrons. The molecule has 1 aliphatic rings. The van der Waals surface area contributed by atoms with Gasteiger partial charge in [0.25, 0.3) is 0 Å². The van der Waals surface area contributed by atoms with Crippen LogP contribution in [0.5, 0.6) is 0 Å². The van der Waals surface area contributed by atoms with Gasteiger partial charge < -0.3 is 5.32 Å². The molecular weight excluding hydrogens is 339 g/mol. The first-order chi connectivity index (χ1) is 13.1. The molecule has 0 saturated carbocycles. The number of halogens is 1. The van der Waals surface area contributed by atoms with E-state index in [9.17, 15) is 9.18 Å². The van der Waals surface area contributed by atoms with Crippen molar-refractivity contribution in [1.29, 1.82) is 0 Å². The zero-order valence-electron chi connectivity index (χ0n) is 16.1. The van der Waals surface area contributed by atoms with Gasteiger partial charge in [0.15, 0.2) is 0 Å². The molecule has 1 atom stereocenters. The molecule has 4 heteroatoms. The van der Waals surface area contributed by atoms with E-state index in [4.69, 9.17) is 0 Å². The van der Waals surface area contributed by atoms with E-state index >= 15 is 0 Å². The molecule has 0 aliphatic carbocycles. The summed E-state index contributed by atoms with van der Waals surface area (Å²) in [7, 11) is 0. The lowest BCUT2D eigenvalue weighted by Crippen LogP contribution is -2.40. The second kappa shape index (κ2) is 9.65. The summed E-state index contributed by atoms with van der Waals surface area (Å²) in [4.78, 5) is 15.0. The van der Waals surface area contributed by atoms with Crippen molar-refractivity contribution in [2.45, 2.75) is 45.6 Å². The number of nitrogens with one attached hydrogen (secondary N) is 1. The fourth-order valence-electron chi connectivity index (χ4n) is 3.64. The van der Waals surface area contributed by atoms with E-state index in [2.05, 4.69) is 29.3 Å². The molecule has 1 fully saturated rings. The maximum atomic E-state index is 13.1. The summed E-state index contributed by atoms with van der Waals surface area (Å²) >= 11 is 0. The number of hydrogen-bond acceptors (Lipinski definition) is 2. The minimum Gasteiger partial charge on any atom is -0.326 e.